The molecule has 0 spiro atoms. The van der Waals surface area contributed by atoms with Gasteiger partial charge in [0.05, 0.1) is 0 Å². The van der Waals surface area contributed by atoms with Crippen molar-refractivity contribution in [3.05, 3.63) is 35.4 Å². The molecule has 3 heteroatoms. The number of carbonyl (C=O) groups excluding carboxylic acids is 1. The zero-order valence-corrected chi connectivity index (χ0v) is 9.00. The smallest absolute Gasteiger partial charge is 0.248 e. The van der Waals surface area contributed by atoms with Crippen LogP contribution in [0.2, 0.25) is 0 Å². The number of primary amides is 1. The van der Waals surface area contributed by atoms with Crippen molar-refractivity contribution in [2.45, 2.75) is 20.4 Å². The van der Waals surface area contributed by atoms with Crippen LogP contribution >= 0.6 is 0 Å². The van der Waals surface area contributed by atoms with Gasteiger partial charge in [0.15, 0.2) is 0 Å². The Bertz CT molecular complexity index is 284. The van der Waals surface area contributed by atoms with E-state index in [-0.39, 0.29) is 5.91 Å². The Morgan fingerprint density at radius 2 is 2.07 bits per heavy atom. The van der Waals surface area contributed by atoms with Crippen LogP contribution in [0.15, 0.2) is 24.3 Å². The minimum Gasteiger partial charge on any atom is -0.366 e. The molecule has 14 heavy (non-hydrogen) atoms. The molecule has 0 aromatic heterocycles. The van der Waals surface area contributed by atoms with Crippen LogP contribution in [0.3, 0.4) is 0 Å². The molecule has 0 radical (unpaired) electrons. The Labute approximate surface area is 85.3 Å². The summed E-state index contributed by atoms with van der Waals surface area (Å²) in [5, 5.41) is 3.00. The van der Waals surface area contributed by atoms with Crippen LogP contribution in [-0.2, 0) is 6.54 Å². The summed E-state index contributed by atoms with van der Waals surface area (Å²) < 4.78 is 0. The molecule has 1 rings (SSSR count). The number of rotatable bonds is 3. The molecule has 0 saturated heterocycles. The predicted molar refractivity (Wildman–Crippen MR) is 59.1 cm³/mol. The van der Waals surface area contributed by atoms with Gasteiger partial charge in [0.25, 0.3) is 0 Å². The SMILES string of the molecule is CC.CNCc1cccc(C(N)=O)c1. The molecular weight excluding hydrogens is 176 g/mol. The van der Waals surface area contributed by atoms with Gasteiger partial charge in [0.2, 0.25) is 5.91 Å². The van der Waals surface area contributed by atoms with Gasteiger partial charge in [-0.1, -0.05) is 26.0 Å². The standard InChI is InChI=1S/C9H12N2O.C2H6/c1-11-6-7-3-2-4-8(5-7)9(10)12;1-2/h2-5,11H,6H2,1H3,(H2,10,12);1-2H3. The van der Waals surface area contributed by atoms with Crippen LogP contribution in [0.25, 0.3) is 0 Å². The van der Waals surface area contributed by atoms with E-state index in [1.54, 1.807) is 12.1 Å². The van der Waals surface area contributed by atoms with Gasteiger partial charge in [-0.05, 0) is 24.7 Å². The first kappa shape index (κ1) is 12.7. The Morgan fingerprint density at radius 1 is 1.43 bits per heavy atom. The van der Waals surface area contributed by atoms with Gasteiger partial charge in [0.1, 0.15) is 0 Å². The van der Waals surface area contributed by atoms with E-state index in [0.29, 0.717) is 5.56 Å². The van der Waals surface area contributed by atoms with Crippen molar-refractivity contribution < 1.29 is 4.79 Å². The molecule has 78 valence electrons. The third-order valence-electron chi connectivity index (χ3n) is 1.59. The third-order valence-corrected chi connectivity index (χ3v) is 1.59. The molecule has 0 heterocycles. The second-order valence-corrected chi connectivity index (χ2v) is 2.59. The summed E-state index contributed by atoms with van der Waals surface area (Å²) in [6, 6.07) is 7.27. The molecule has 0 aliphatic rings. The van der Waals surface area contributed by atoms with Crippen molar-refractivity contribution in [3.8, 4) is 0 Å². The highest BCUT2D eigenvalue weighted by Gasteiger charge is 1.99. The van der Waals surface area contributed by atoms with Gasteiger partial charge in [-0.25, -0.2) is 0 Å². The fraction of sp³-hybridized carbons (Fsp3) is 0.364. The summed E-state index contributed by atoms with van der Waals surface area (Å²) in [5.41, 5.74) is 6.74. The number of benzene rings is 1. The van der Waals surface area contributed by atoms with Crippen LogP contribution < -0.4 is 11.1 Å². The Balaban J connectivity index is 0.000000791. The maximum Gasteiger partial charge on any atom is 0.248 e. The van der Waals surface area contributed by atoms with Gasteiger partial charge in [-0.2, -0.15) is 0 Å². The number of hydrogen-bond acceptors (Lipinski definition) is 2. The van der Waals surface area contributed by atoms with Gasteiger partial charge in [-0.15, -0.1) is 0 Å². The van der Waals surface area contributed by atoms with Gasteiger partial charge in [0, 0.05) is 12.1 Å². The summed E-state index contributed by atoms with van der Waals surface area (Å²) in [4.78, 5) is 10.8. The number of amides is 1. The molecule has 1 amide bonds. The minimum atomic E-state index is -0.382. The lowest BCUT2D eigenvalue weighted by molar-refractivity contribution is 0.1000. The normalized spacial score (nSPS) is 8.79. The summed E-state index contributed by atoms with van der Waals surface area (Å²) in [6.07, 6.45) is 0. The molecule has 0 unspecified atom stereocenters. The van der Waals surface area contributed by atoms with Gasteiger partial charge >= 0.3 is 0 Å². The fourth-order valence-corrected chi connectivity index (χ4v) is 1.04. The van der Waals surface area contributed by atoms with E-state index in [2.05, 4.69) is 5.32 Å². The predicted octanol–water partition coefficient (Wildman–Crippen LogP) is 1.53. The molecule has 0 aliphatic heterocycles. The Hall–Kier alpha value is -1.35. The highest BCUT2D eigenvalue weighted by atomic mass is 16.1. The van der Waals surface area contributed by atoms with Crippen LogP contribution in [0, 0.1) is 0 Å². The van der Waals surface area contributed by atoms with Crippen LogP contribution in [0.1, 0.15) is 29.8 Å². The first-order valence-corrected chi connectivity index (χ1v) is 4.77. The second-order valence-electron chi connectivity index (χ2n) is 2.59. The van der Waals surface area contributed by atoms with Gasteiger partial charge < -0.3 is 11.1 Å². The van der Waals surface area contributed by atoms with Crippen molar-refractivity contribution >= 4 is 5.91 Å². The minimum absolute atomic E-state index is 0.382. The molecule has 3 N–H and O–H groups in total. The first-order valence-electron chi connectivity index (χ1n) is 4.77. The quantitative estimate of drug-likeness (QED) is 0.766. The molecule has 0 bridgehead atoms. The van der Waals surface area contributed by atoms with E-state index in [9.17, 15) is 4.79 Å². The zero-order chi connectivity index (χ0) is 11.0. The number of hydrogen-bond donors (Lipinski definition) is 2. The molecular formula is C11H18N2O. The van der Waals surface area contributed by atoms with Gasteiger partial charge in [-0.3, -0.25) is 4.79 Å². The van der Waals surface area contributed by atoms with Crippen molar-refractivity contribution in [1.29, 1.82) is 0 Å². The van der Waals surface area contributed by atoms with E-state index < -0.39 is 0 Å². The maximum absolute atomic E-state index is 10.8. The van der Waals surface area contributed by atoms with Crippen molar-refractivity contribution in [2.75, 3.05) is 7.05 Å². The Kier molecular flexibility index (Phi) is 6.41. The topological polar surface area (TPSA) is 55.1 Å². The summed E-state index contributed by atoms with van der Waals surface area (Å²) >= 11 is 0. The van der Waals surface area contributed by atoms with E-state index in [0.717, 1.165) is 12.1 Å². The van der Waals surface area contributed by atoms with Crippen molar-refractivity contribution in [3.63, 3.8) is 0 Å². The second kappa shape index (κ2) is 7.09. The number of carbonyl (C=O) groups is 1. The summed E-state index contributed by atoms with van der Waals surface area (Å²) in [5.74, 6) is -0.382. The lowest BCUT2D eigenvalue weighted by atomic mass is 10.1. The highest BCUT2D eigenvalue weighted by Crippen LogP contribution is 2.03. The monoisotopic (exact) mass is 194 g/mol. The average molecular weight is 194 g/mol. The molecule has 0 atom stereocenters. The number of nitrogens with one attached hydrogen (secondary N) is 1. The Morgan fingerprint density at radius 3 is 2.57 bits per heavy atom. The highest BCUT2D eigenvalue weighted by molar-refractivity contribution is 5.92. The lowest BCUT2D eigenvalue weighted by Crippen LogP contribution is -2.12. The van der Waals surface area contributed by atoms with Crippen molar-refractivity contribution in [2.24, 2.45) is 5.73 Å². The molecule has 0 aliphatic carbocycles. The van der Waals surface area contributed by atoms with E-state index in [1.165, 1.54) is 0 Å². The summed E-state index contributed by atoms with van der Waals surface area (Å²) in [6.45, 7) is 4.75. The van der Waals surface area contributed by atoms with E-state index >= 15 is 0 Å². The average Bonchev–Trinajstić information content (AvgIpc) is 2.22. The van der Waals surface area contributed by atoms with Crippen molar-refractivity contribution in [1.82, 2.24) is 5.32 Å². The lowest BCUT2D eigenvalue weighted by Gasteiger charge is -2.00. The molecule has 0 saturated carbocycles. The molecule has 0 fully saturated rings. The van der Waals surface area contributed by atoms with E-state index in [1.807, 2.05) is 33.0 Å². The van der Waals surface area contributed by atoms with E-state index in [4.69, 9.17) is 5.73 Å². The zero-order valence-electron chi connectivity index (χ0n) is 9.00. The fourth-order valence-electron chi connectivity index (χ4n) is 1.04. The van der Waals surface area contributed by atoms with Crippen LogP contribution in [0.4, 0.5) is 0 Å². The maximum atomic E-state index is 10.8. The molecule has 1 aromatic carbocycles. The third kappa shape index (κ3) is 4.05. The van der Waals surface area contributed by atoms with Crippen LogP contribution in [0.5, 0.6) is 0 Å². The largest absolute Gasteiger partial charge is 0.366 e. The summed E-state index contributed by atoms with van der Waals surface area (Å²) in [7, 11) is 1.86. The first-order chi connectivity index (χ1) is 6.74. The van der Waals surface area contributed by atoms with Crippen LogP contribution in [-0.4, -0.2) is 13.0 Å². The molecule has 3 nitrogen and oxygen atoms in total. The number of nitrogens with two attached hydrogens (primary N) is 1. The molecule has 1 aromatic rings.